The maximum Gasteiger partial charge on any atom is 0.320 e. The summed E-state index contributed by atoms with van der Waals surface area (Å²) < 4.78 is 0. The predicted octanol–water partition coefficient (Wildman–Crippen LogP) is 1.77. The first-order valence-electron chi connectivity index (χ1n) is 5.76. The summed E-state index contributed by atoms with van der Waals surface area (Å²) in [5.41, 5.74) is 0. The van der Waals surface area contributed by atoms with Crippen LogP contribution in [0.15, 0.2) is 0 Å². The van der Waals surface area contributed by atoms with Gasteiger partial charge in [-0.15, -0.1) is 0 Å². The lowest BCUT2D eigenvalue weighted by molar-refractivity contribution is -0.139. The Balaban J connectivity index is 1.85. The van der Waals surface area contributed by atoms with Crippen LogP contribution in [-0.4, -0.2) is 23.2 Å². The first-order chi connectivity index (χ1) is 6.77. The van der Waals surface area contributed by atoms with Crippen molar-refractivity contribution >= 4 is 5.97 Å². The van der Waals surface area contributed by atoms with Crippen molar-refractivity contribution < 1.29 is 9.90 Å². The van der Waals surface area contributed by atoms with E-state index in [0.717, 1.165) is 18.8 Å². The van der Waals surface area contributed by atoms with Gasteiger partial charge in [0.05, 0.1) is 0 Å². The van der Waals surface area contributed by atoms with E-state index in [9.17, 15) is 4.79 Å². The van der Waals surface area contributed by atoms with Crippen molar-refractivity contribution in [2.24, 2.45) is 5.92 Å². The molecule has 80 valence electrons. The van der Waals surface area contributed by atoms with E-state index in [4.69, 9.17) is 5.11 Å². The molecule has 2 aliphatic rings. The average molecular weight is 197 g/mol. The normalized spacial score (nSPS) is 34.6. The third kappa shape index (κ3) is 2.08. The van der Waals surface area contributed by atoms with Crippen molar-refractivity contribution in [3.63, 3.8) is 0 Å². The third-order valence-corrected chi connectivity index (χ3v) is 3.70. The van der Waals surface area contributed by atoms with Gasteiger partial charge in [-0.3, -0.25) is 4.79 Å². The van der Waals surface area contributed by atoms with Gasteiger partial charge < -0.3 is 10.4 Å². The highest BCUT2D eigenvalue weighted by Gasteiger charge is 2.33. The van der Waals surface area contributed by atoms with Crippen LogP contribution in [0.2, 0.25) is 0 Å². The van der Waals surface area contributed by atoms with Gasteiger partial charge in [0.2, 0.25) is 0 Å². The minimum absolute atomic E-state index is 0.276. The Bertz CT molecular complexity index is 211. The number of hydrogen-bond acceptors (Lipinski definition) is 2. The molecule has 1 heterocycles. The second kappa shape index (κ2) is 4.30. The van der Waals surface area contributed by atoms with E-state index in [1.54, 1.807) is 0 Å². The molecule has 3 nitrogen and oxygen atoms in total. The summed E-state index contributed by atoms with van der Waals surface area (Å²) in [6.07, 6.45) is 8.50. The molecule has 14 heavy (non-hydrogen) atoms. The van der Waals surface area contributed by atoms with Gasteiger partial charge in [-0.1, -0.05) is 19.3 Å². The highest BCUT2D eigenvalue weighted by molar-refractivity contribution is 5.73. The molecule has 0 bridgehead atoms. The quantitative estimate of drug-likeness (QED) is 0.709. The van der Waals surface area contributed by atoms with Crippen molar-refractivity contribution in [3.8, 4) is 0 Å². The van der Waals surface area contributed by atoms with Crippen molar-refractivity contribution in [2.75, 3.05) is 0 Å². The Morgan fingerprint density at radius 3 is 2.36 bits per heavy atom. The summed E-state index contributed by atoms with van der Waals surface area (Å²) in [5.74, 6) is 0.0661. The molecule has 2 unspecified atom stereocenters. The highest BCUT2D eigenvalue weighted by atomic mass is 16.4. The lowest BCUT2D eigenvalue weighted by Crippen LogP contribution is -2.39. The number of carboxylic acid groups (broad SMARTS) is 1. The molecule has 2 atom stereocenters. The molecule has 3 heteroatoms. The summed E-state index contributed by atoms with van der Waals surface area (Å²) in [4.78, 5) is 10.8. The first kappa shape index (κ1) is 9.97. The Labute approximate surface area is 84.9 Å². The molecule has 0 spiro atoms. The van der Waals surface area contributed by atoms with E-state index >= 15 is 0 Å². The molecule has 0 amide bonds. The molecule has 2 N–H and O–H groups in total. The summed E-state index contributed by atoms with van der Waals surface area (Å²) in [6, 6.07) is 0.207. The molecule has 2 rings (SSSR count). The lowest BCUT2D eigenvalue weighted by Gasteiger charge is -2.27. The van der Waals surface area contributed by atoms with E-state index in [2.05, 4.69) is 5.32 Å². The summed E-state index contributed by atoms with van der Waals surface area (Å²) >= 11 is 0. The molecule has 1 aliphatic carbocycles. The third-order valence-electron chi connectivity index (χ3n) is 3.70. The Morgan fingerprint density at radius 2 is 1.79 bits per heavy atom. The van der Waals surface area contributed by atoms with Crippen LogP contribution in [0.4, 0.5) is 0 Å². The van der Waals surface area contributed by atoms with Gasteiger partial charge in [0.25, 0.3) is 0 Å². The fraction of sp³-hybridized carbons (Fsp3) is 0.909. The Morgan fingerprint density at radius 1 is 1.07 bits per heavy atom. The van der Waals surface area contributed by atoms with Crippen LogP contribution in [0.25, 0.3) is 0 Å². The zero-order chi connectivity index (χ0) is 9.97. The predicted molar refractivity (Wildman–Crippen MR) is 54.2 cm³/mol. The monoisotopic (exact) mass is 197 g/mol. The van der Waals surface area contributed by atoms with Crippen LogP contribution in [0.5, 0.6) is 0 Å². The van der Waals surface area contributed by atoms with Crippen LogP contribution in [0.1, 0.15) is 44.9 Å². The minimum Gasteiger partial charge on any atom is -0.480 e. The lowest BCUT2D eigenvalue weighted by atomic mass is 9.83. The molecule has 0 aromatic rings. The van der Waals surface area contributed by atoms with Crippen molar-refractivity contribution in [3.05, 3.63) is 0 Å². The maximum absolute atomic E-state index is 10.8. The summed E-state index contributed by atoms with van der Waals surface area (Å²) in [7, 11) is 0. The van der Waals surface area contributed by atoms with Gasteiger partial charge in [-0.2, -0.15) is 0 Å². The van der Waals surface area contributed by atoms with Crippen LogP contribution < -0.4 is 5.32 Å². The first-order valence-corrected chi connectivity index (χ1v) is 5.76. The average Bonchev–Trinajstić information content (AvgIpc) is 2.68. The van der Waals surface area contributed by atoms with Crippen molar-refractivity contribution in [2.45, 2.75) is 57.0 Å². The van der Waals surface area contributed by atoms with E-state index in [1.807, 2.05) is 0 Å². The minimum atomic E-state index is -0.677. The number of carbonyl (C=O) groups is 1. The fourth-order valence-corrected chi connectivity index (χ4v) is 2.87. The van der Waals surface area contributed by atoms with Crippen LogP contribution in [0.3, 0.4) is 0 Å². The van der Waals surface area contributed by atoms with Gasteiger partial charge in [0.15, 0.2) is 0 Å². The standard InChI is InChI=1S/C11H19NO2/c13-11(14)10-7-6-9(12-10)8-4-2-1-3-5-8/h8-10,12H,1-7H2,(H,13,14). The van der Waals surface area contributed by atoms with E-state index < -0.39 is 5.97 Å². The molecule has 0 aromatic heterocycles. The van der Waals surface area contributed by atoms with Gasteiger partial charge in [0, 0.05) is 6.04 Å². The van der Waals surface area contributed by atoms with E-state index in [0.29, 0.717) is 6.04 Å². The molecular weight excluding hydrogens is 178 g/mol. The Kier molecular flexibility index (Phi) is 3.06. The van der Waals surface area contributed by atoms with Crippen molar-refractivity contribution in [1.29, 1.82) is 0 Å². The molecule has 2 fully saturated rings. The maximum atomic E-state index is 10.8. The van der Waals surface area contributed by atoms with Crippen LogP contribution in [0, 0.1) is 5.92 Å². The topological polar surface area (TPSA) is 49.3 Å². The van der Waals surface area contributed by atoms with Gasteiger partial charge in [0.1, 0.15) is 6.04 Å². The van der Waals surface area contributed by atoms with Crippen molar-refractivity contribution in [1.82, 2.24) is 5.32 Å². The SMILES string of the molecule is O=C(O)C1CCC(C2CCCCC2)N1. The molecule has 0 aromatic carbocycles. The number of aliphatic carboxylic acids is 1. The van der Waals surface area contributed by atoms with Gasteiger partial charge in [-0.05, 0) is 31.6 Å². The highest BCUT2D eigenvalue weighted by Crippen LogP contribution is 2.31. The Hall–Kier alpha value is -0.570. The number of carboxylic acids is 1. The molecule has 0 radical (unpaired) electrons. The summed E-state index contributed by atoms with van der Waals surface area (Å²) in [5, 5.41) is 12.1. The number of nitrogens with one attached hydrogen (secondary N) is 1. The second-order valence-corrected chi connectivity index (χ2v) is 4.64. The van der Waals surface area contributed by atoms with Gasteiger partial charge >= 0.3 is 5.97 Å². The van der Waals surface area contributed by atoms with E-state index in [1.165, 1.54) is 32.1 Å². The smallest absolute Gasteiger partial charge is 0.320 e. The van der Waals surface area contributed by atoms with Crippen LogP contribution >= 0.6 is 0 Å². The van der Waals surface area contributed by atoms with E-state index in [-0.39, 0.29) is 6.04 Å². The molecule has 1 saturated carbocycles. The molecule has 1 aliphatic heterocycles. The fourth-order valence-electron chi connectivity index (χ4n) is 2.87. The zero-order valence-electron chi connectivity index (χ0n) is 8.54. The number of hydrogen-bond donors (Lipinski definition) is 2. The number of rotatable bonds is 2. The summed E-state index contributed by atoms with van der Waals surface area (Å²) in [6.45, 7) is 0. The van der Waals surface area contributed by atoms with Gasteiger partial charge in [-0.25, -0.2) is 0 Å². The van der Waals surface area contributed by atoms with Crippen LogP contribution in [-0.2, 0) is 4.79 Å². The second-order valence-electron chi connectivity index (χ2n) is 4.64. The largest absolute Gasteiger partial charge is 0.480 e. The zero-order valence-corrected chi connectivity index (χ0v) is 8.54. The molecular formula is C11H19NO2. The molecule has 1 saturated heterocycles.